The van der Waals surface area contributed by atoms with Crippen molar-refractivity contribution in [1.29, 1.82) is 0 Å². The maximum Gasteiger partial charge on any atom is 0.306 e. The third-order valence-corrected chi connectivity index (χ3v) is 16.6. The largest absolute Gasteiger partial charge is 0.462 e. The molecule has 6 nitrogen and oxygen atoms in total. The smallest absolute Gasteiger partial charge is 0.306 e. The van der Waals surface area contributed by atoms with E-state index in [-0.39, 0.29) is 31.1 Å². The van der Waals surface area contributed by atoms with Crippen LogP contribution < -0.4 is 0 Å². The normalized spacial score (nSPS) is 12.3. The van der Waals surface area contributed by atoms with Crippen molar-refractivity contribution in [1.82, 2.24) is 0 Å². The van der Waals surface area contributed by atoms with Crippen LogP contribution in [0.15, 0.2) is 48.6 Å². The zero-order valence-electron chi connectivity index (χ0n) is 55.3. The Kier molecular flexibility index (Phi) is 68.6. The molecule has 1 unspecified atom stereocenters. The predicted octanol–water partition coefficient (Wildman–Crippen LogP) is 25.3. The van der Waals surface area contributed by atoms with Gasteiger partial charge in [0.05, 0.1) is 0 Å². The zero-order valence-corrected chi connectivity index (χ0v) is 55.3. The summed E-state index contributed by atoms with van der Waals surface area (Å²) in [7, 11) is 0. The minimum absolute atomic E-state index is 0.0711. The molecule has 0 aliphatic rings. The molecular weight excluding hydrogens is 1010 g/mol. The Morgan fingerprint density at radius 3 is 0.744 bits per heavy atom. The first-order valence-corrected chi connectivity index (χ1v) is 36.6. The molecule has 0 aliphatic heterocycles. The number of ether oxygens (including phenoxy) is 3. The molecule has 0 N–H and O–H groups in total. The lowest BCUT2D eigenvalue weighted by atomic mass is 10.0. The summed E-state index contributed by atoms with van der Waals surface area (Å²) in [6, 6.07) is 0. The molecule has 0 rings (SSSR count). The first-order valence-electron chi connectivity index (χ1n) is 36.6. The molecule has 0 saturated carbocycles. The van der Waals surface area contributed by atoms with Crippen LogP contribution in [-0.4, -0.2) is 37.2 Å². The summed E-state index contributed by atoms with van der Waals surface area (Å²) in [4.78, 5) is 38.4. The highest BCUT2D eigenvalue weighted by atomic mass is 16.6. The predicted molar refractivity (Wildman–Crippen MR) is 358 cm³/mol. The van der Waals surface area contributed by atoms with Crippen LogP contribution >= 0.6 is 0 Å². The lowest BCUT2D eigenvalue weighted by Crippen LogP contribution is -2.30. The molecule has 0 aromatic rings. The highest BCUT2D eigenvalue weighted by molar-refractivity contribution is 5.71. The fourth-order valence-electron chi connectivity index (χ4n) is 11.1. The topological polar surface area (TPSA) is 78.9 Å². The SMILES string of the molecule is CC/C=C\C/C=C\C/C=C\C/C=C\CCCCCCCCCCC(=O)OC(COC(=O)CCCCCCCCCCCCCC)COC(=O)CCCCCCCCCCCCCCCCCCCCCCCCCCCCCCCCC. The number of allylic oxidation sites excluding steroid dienone is 8. The quantitative estimate of drug-likeness (QED) is 0.0261. The third-order valence-electron chi connectivity index (χ3n) is 16.6. The molecule has 0 heterocycles. The van der Waals surface area contributed by atoms with Gasteiger partial charge in [0.25, 0.3) is 0 Å². The summed E-state index contributed by atoms with van der Waals surface area (Å²) in [6.07, 6.45) is 90.2. The lowest BCUT2D eigenvalue weighted by molar-refractivity contribution is -0.167. The van der Waals surface area contributed by atoms with E-state index in [1.54, 1.807) is 0 Å². The Hall–Kier alpha value is -2.63. The van der Waals surface area contributed by atoms with E-state index in [0.717, 1.165) is 89.9 Å². The molecule has 0 aromatic heterocycles. The highest BCUT2D eigenvalue weighted by Crippen LogP contribution is 2.19. The van der Waals surface area contributed by atoms with Crippen LogP contribution in [0.5, 0.6) is 0 Å². The Morgan fingerprint density at radius 1 is 0.256 bits per heavy atom. The number of unbranched alkanes of at least 4 members (excludes halogenated alkanes) is 49. The van der Waals surface area contributed by atoms with E-state index in [1.165, 1.54) is 270 Å². The van der Waals surface area contributed by atoms with Gasteiger partial charge < -0.3 is 14.2 Å². The van der Waals surface area contributed by atoms with Gasteiger partial charge in [-0.3, -0.25) is 14.4 Å². The minimum atomic E-state index is -0.776. The molecule has 0 amide bonds. The van der Waals surface area contributed by atoms with Crippen LogP contribution in [0.25, 0.3) is 0 Å². The van der Waals surface area contributed by atoms with Gasteiger partial charge in [-0.1, -0.05) is 371 Å². The average molecular weight is 1150 g/mol. The van der Waals surface area contributed by atoms with Gasteiger partial charge in [-0.2, -0.15) is 0 Å². The second-order valence-electron chi connectivity index (χ2n) is 24.8. The number of hydrogen-bond donors (Lipinski definition) is 0. The molecule has 0 aromatic carbocycles. The summed E-state index contributed by atoms with van der Waals surface area (Å²) in [5.74, 6) is -0.852. The van der Waals surface area contributed by atoms with Crippen LogP contribution in [-0.2, 0) is 28.6 Å². The van der Waals surface area contributed by atoms with Crippen molar-refractivity contribution in [2.75, 3.05) is 13.2 Å². The zero-order chi connectivity index (χ0) is 59.2. The Morgan fingerprint density at radius 2 is 0.476 bits per heavy atom. The van der Waals surface area contributed by atoms with Crippen LogP contribution in [0.4, 0.5) is 0 Å². The monoisotopic (exact) mass is 1150 g/mol. The van der Waals surface area contributed by atoms with Gasteiger partial charge >= 0.3 is 17.9 Å². The summed E-state index contributed by atoms with van der Waals surface area (Å²) in [5, 5.41) is 0. The summed E-state index contributed by atoms with van der Waals surface area (Å²) < 4.78 is 17.0. The van der Waals surface area contributed by atoms with Crippen molar-refractivity contribution in [2.45, 2.75) is 406 Å². The Bertz CT molecular complexity index is 1410. The molecule has 0 bridgehead atoms. The van der Waals surface area contributed by atoms with E-state index in [0.29, 0.717) is 19.3 Å². The van der Waals surface area contributed by atoms with Crippen molar-refractivity contribution in [3.05, 3.63) is 48.6 Å². The first-order chi connectivity index (χ1) is 40.5. The second kappa shape index (κ2) is 70.9. The number of rotatable bonds is 68. The molecular formula is C76H140O6. The van der Waals surface area contributed by atoms with Gasteiger partial charge in [0.2, 0.25) is 0 Å². The van der Waals surface area contributed by atoms with Crippen molar-refractivity contribution in [3.8, 4) is 0 Å². The maximum atomic E-state index is 12.9. The van der Waals surface area contributed by atoms with E-state index in [4.69, 9.17) is 14.2 Å². The van der Waals surface area contributed by atoms with E-state index in [9.17, 15) is 14.4 Å². The van der Waals surface area contributed by atoms with E-state index >= 15 is 0 Å². The first kappa shape index (κ1) is 79.4. The van der Waals surface area contributed by atoms with Crippen LogP contribution in [0, 0.1) is 0 Å². The molecule has 82 heavy (non-hydrogen) atoms. The van der Waals surface area contributed by atoms with E-state index < -0.39 is 6.10 Å². The second-order valence-corrected chi connectivity index (χ2v) is 24.8. The van der Waals surface area contributed by atoms with Crippen LogP contribution in [0.3, 0.4) is 0 Å². The van der Waals surface area contributed by atoms with Gasteiger partial charge in [-0.25, -0.2) is 0 Å². The molecule has 0 fully saturated rings. The molecule has 0 aliphatic carbocycles. The molecule has 480 valence electrons. The van der Waals surface area contributed by atoms with Crippen molar-refractivity contribution < 1.29 is 28.6 Å². The standard InChI is InChI=1S/C76H140O6/c1-4-7-10-13-16-19-22-25-27-29-31-33-34-35-36-37-38-39-40-41-42-44-45-47-49-51-54-57-60-63-66-69-75(78)81-72-73(71-80-74(77)68-65-62-59-56-53-24-21-18-15-12-9-6-3)82-76(79)70-67-64-61-58-55-52-50-48-46-43-32-30-28-26-23-20-17-14-11-8-5-2/h8,11,17,20,26,28,32,43,73H,4-7,9-10,12-16,18-19,21-25,27,29-31,33-42,44-72H2,1-3H3/b11-8-,20-17-,28-26-,43-32-. The molecule has 0 spiro atoms. The van der Waals surface area contributed by atoms with Crippen molar-refractivity contribution >= 4 is 17.9 Å². The van der Waals surface area contributed by atoms with Crippen molar-refractivity contribution in [3.63, 3.8) is 0 Å². The van der Waals surface area contributed by atoms with Gasteiger partial charge in [-0.05, 0) is 57.8 Å². The summed E-state index contributed by atoms with van der Waals surface area (Å²) in [6.45, 7) is 6.59. The van der Waals surface area contributed by atoms with Crippen LogP contribution in [0.1, 0.15) is 400 Å². The van der Waals surface area contributed by atoms with Crippen molar-refractivity contribution in [2.24, 2.45) is 0 Å². The van der Waals surface area contributed by atoms with Crippen LogP contribution in [0.2, 0.25) is 0 Å². The maximum absolute atomic E-state index is 12.9. The number of hydrogen-bond acceptors (Lipinski definition) is 6. The van der Waals surface area contributed by atoms with E-state index in [1.807, 2.05) is 0 Å². The average Bonchev–Trinajstić information content (AvgIpc) is 3.47. The van der Waals surface area contributed by atoms with E-state index in [2.05, 4.69) is 69.4 Å². The lowest BCUT2D eigenvalue weighted by Gasteiger charge is -2.18. The number of carbonyl (C=O) groups is 3. The minimum Gasteiger partial charge on any atom is -0.462 e. The number of carbonyl (C=O) groups excluding carboxylic acids is 3. The summed E-state index contributed by atoms with van der Waals surface area (Å²) >= 11 is 0. The molecule has 6 heteroatoms. The van der Waals surface area contributed by atoms with Gasteiger partial charge in [0.15, 0.2) is 6.10 Å². The Labute approximate surface area is 511 Å². The van der Waals surface area contributed by atoms with Gasteiger partial charge in [0, 0.05) is 19.3 Å². The summed E-state index contributed by atoms with van der Waals surface area (Å²) in [5.41, 5.74) is 0. The number of esters is 3. The fraction of sp³-hybridized carbons (Fsp3) is 0.855. The van der Waals surface area contributed by atoms with Gasteiger partial charge in [0.1, 0.15) is 13.2 Å². The van der Waals surface area contributed by atoms with Gasteiger partial charge in [-0.15, -0.1) is 0 Å². The molecule has 0 saturated heterocycles. The fourth-order valence-corrected chi connectivity index (χ4v) is 11.1. The molecule has 1 atom stereocenters. The highest BCUT2D eigenvalue weighted by Gasteiger charge is 2.19. The third kappa shape index (κ3) is 68.2. The Balaban J connectivity index is 4.14. The molecule has 0 radical (unpaired) electrons.